The molecule has 18 heavy (non-hydrogen) atoms. The molecule has 5 heteroatoms. The maximum Gasteiger partial charge on any atom is 0.224 e. The number of benzene rings is 1. The predicted molar refractivity (Wildman–Crippen MR) is 76.5 cm³/mol. The van der Waals surface area contributed by atoms with E-state index in [1.807, 2.05) is 6.07 Å². The van der Waals surface area contributed by atoms with Gasteiger partial charge in [-0.1, -0.05) is 18.2 Å². The summed E-state index contributed by atoms with van der Waals surface area (Å²) in [5.41, 5.74) is 2.53. The Labute approximate surface area is 119 Å². The highest BCUT2D eigenvalue weighted by Crippen LogP contribution is 2.40. The number of para-hydroxylation sites is 1. The quantitative estimate of drug-likeness (QED) is 0.743. The molecule has 1 aliphatic heterocycles. The van der Waals surface area contributed by atoms with Crippen LogP contribution in [0.5, 0.6) is 0 Å². The van der Waals surface area contributed by atoms with E-state index < -0.39 is 0 Å². The summed E-state index contributed by atoms with van der Waals surface area (Å²) in [7, 11) is 0. The van der Waals surface area contributed by atoms with Crippen LogP contribution >= 0.6 is 27.5 Å². The molecule has 0 saturated heterocycles. The monoisotopic (exact) mass is 323 g/mol. The Balaban J connectivity index is 2.14. The summed E-state index contributed by atoms with van der Waals surface area (Å²) in [6, 6.07) is 8.74. The lowest BCUT2D eigenvalue weighted by atomic mass is 10.1. The molecule has 0 bridgehead atoms. The van der Waals surface area contributed by atoms with Gasteiger partial charge in [-0.15, -0.1) is 0 Å². The lowest BCUT2D eigenvalue weighted by molar-refractivity contribution is 0.747. The normalized spacial score (nSPS) is 17.9. The van der Waals surface area contributed by atoms with Crippen LogP contribution in [0.15, 0.2) is 34.9 Å². The molecule has 1 aromatic heterocycles. The van der Waals surface area contributed by atoms with Crippen LogP contribution in [0.25, 0.3) is 0 Å². The number of nitrogens with zero attached hydrogens (tertiary/aromatic N) is 3. The second-order valence-corrected chi connectivity index (χ2v) is 5.55. The number of fused-ring (bicyclic) bond motifs is 1. The van der Waals surface area contributed by atoms with Crippen LogP contribution in [0.1, 0.15) is 12.5 Å². The molecular formula is C13H11BrClN3. The third kappa shape index (κ3) is 1.89. The van der Waals surface area contributed by atoms with E-state index in [1.54, 1.807) is 6.20 Å². The Morgan fingerprint density at radius 1 is 1.39 bits per heavy atom. The lowest BCUT2D eigenvalue weighted by Crippen LogP contribution is -2.25. The molecule has 0 aliphatic carbocycles. The van der Waals surface area contributed by atoms with Gasteiger partial charge in [0.1, 0.15) is 0 Å². The second kappa shape index (κ2) is 4.52. The van der Waals surface area contributed by atoms with Crippen LogP contribution in [-0.4, -0.2) is 16.0 Å². The maximum atomic E-state index is 5.90. The standard InChI is InChI=1S/C13H11BrClN3/c1-8-6-9-4-2-3-5-11(9)18(8)12-10(14)7-16-13(15)17-12/h2-5,7-8H,6H2,1H3. The number of anilines is 2. The molecule has 0 amide bonds. The molecule has 0 fully saturated rings. The largest absolute Gasteiger partial charge is 0.322 e. The van der Waals surface area contributed by atoms with Crippen molar-refractivity contribution in [3.8, 4) is 0 Å². The van der Waals surface area contributed by atoms with Gasteiger partial charge in [-0.2, -0.15) is 4.98 Å². The molecule has 1 atom stereocenters. The number of rotatable bonds is 1. The fourth-order valence-corrected chi connectivity index (χ4v) is 2.91. The minimum Gasteiger partial charge on any atom is -0.322 e. The summed E-state index contributed by atoms with van der Waals surface area (Å²) in [6.07, 6.45) is 2.71. The molecular weight excluding hydrogens is 314 g/mol. The van der Waals surface area contributed by atoms with Crippen molar-refractivity contribution < 1.29 is 0 Å². The highest BCUT2D eigenvalue weighted by Gasteiger charge is 2.29. The Hall–Kier alpha value is -1.13. The van der Waals surface area contributed by atoms with Crippen LogP contribution in [-0.2, 0) is 6.42 Å². The summed E-state index contributed by atoms with van der Waals surface area (Å²) in [5.74, 6) is 0.826. The molecule has 0 radical (unpaired) electrons. The first-order chi connectivity index (χ1) is 8.66. The van der Waals surface area contributed by atoms with Crippen molar-refractivity contribution in [3.05, 3.63) is 45.8 Å². The first kappa shape index (κ1) is 11.9. The minimum absolute atomic E-state index is 0.268. The van der Waals surface area contributed by atoms with Crippen LogP contribution in [0, 0.1) is 0 Å². The van der Waals surface area contributed by atoms with Crippen molar-refractivity contribution in [1.29, 1.82) is 0 Å². The van der Waals surface area contributed by atoms with Crippen LogP contribution in [0.4, 0.5) is 11.5 Å². The molecule has 1 aliphatic rings. The van der Waals surface area contributed by atoms with E-state index >= 15 is 0 Å². The van der Waals surface area contributed by atoms with E-state index in [9.17, 15) is 0 Å². The first-order valence-corrected chi connectivity index (χ1v) is 6.89. The van der Waals surface area contributed by atoms with Gasteiger partial charge >= 0.3 is 0 Å². The Bertz CT molecular complexity index is 603. The molecule has 92 valence electrons. The van der Waals surface area contributed by atoms with Gasteiger partial charge in [0.25, 0.3) is 0 Å². The van der Waals surface area contributed by atoms with Crippen molar-refractivity contribution in [2.45, 2.75) is 19.4 Å². The van der Waals surface area contributed by atoms with Gasteiger partial charge in [-0.3, -0.25) is 0 Å². The molecule has 2 heterocycles. The number of hydrogen-bond donors (Lipinski definition) is 0. The number of hydrogen-bond acceptors (Lipinski definition) is 3. The third-order valence-electron chi connectivity index (χ3n) is 3.13. The zero-order valence-electron chi connectivity index (χ0n) is 9.77. The molecule has 0 saturated carbocycles. The van der Waals surface area contributed by atoms with Crippen LogP contribution < -0.4 is 4.90 Å². The minimum atomic E-state index is 0.268. The number of halogens is 2. The summed E-state index contributed by atoms with van der Waals surface area (Å²) in [4.78, 5) is 10.5. The first-order valence-electron chi connectivity index (χ1n) is 5.72. The van der Waals surface area contributed by atoms with Gasteiger partial charge in [-0.05, 0) is 52.5 Å². The Morgan fingerprint density at radius 2 is 2.17 bits per heavy atom. The fraction of sp³-hybridized carbons (Fsp3) is 0.231. The highest BCUT2D eigenvalue weighted by atomic mass is 79.9. The van der Waals surface area contributed by atoms with E-state index in [1.165, 1.54) is 11.3 Å². The van der Waals surface area contributed by atoms with E-state index in [0.717, 1.165) is 16.7 Å². The number of aromatic nitrogens is 2. The Morgan fingerprint density at radius 3 is 3.00 bits per heavy atom. The SMILES string of the molecule is CC1Cc2ccccc2N1c1nc(Cl)ncc1Br. The van der Waals surface area contributed by atoms with Gasteiger partial charge in [0.15, 0.2) is 5.82 Å². The van der Waals surface area contributed by atoms with E-state index in [4.69, 9.17) is 11.6 Å². The van der Waals surface area contributed by atoms with Gasteiger partial charge in [0.2, 0.25) is 5.28 Å². The summed E-state index contributed by atoms with van der Waals surface area (Å²) >= 11 is 9.39. The van der Waals surface area contributed by atoms with Crippen molar-refractivity contribution in [2.75, 3.05) is 4.90 Å². The average molecular weight is 325 g/mol. The summed E-state index contributed by atoms with van der Waals surface area (Å²) in [5, 5.41) is 0.268. The van der Waals surface area contributed by atoms with E-state index in [2.05, 4.69) is 55.9 Å². The molecule has 0 spiro atoms. The highest BCUT2D eigenvalue weighted by molar-refractivity contribution is 9.10. The van der Waals surface area contributed by atoms with Crippen molar-refractivity contribution in [2.24, 2.45) is 0 Å². The molecule has 2 aromatic rings. The molecule has 3 nitrogen and oxygen atoms in total. The fourth-order valence-electron chi connectivity index (χ4n) is 2.39. The summed E-state index contributed by atoms with van der Waals surface area (Å²) in [6.45, 7) is 2.18. The van der Waals surface area contributed by atoms with Crippen molar-refractivity contribution in [3.63, 3.8) is 0 Å². The predicted octanol–water partition coefficient (Wildman–Crippen LogP) is 3.98. The topological polar surface area (TPSA) is 29.0 Å². The molecule has 1 unspecified atom stereocenters. The molecule has 0 N–H and O–H groups in total. The van der Waals surface area contributed by atoms with Crippen LogP contribution in [0.2, 0.25) is 5.28 Å². The van der Waals surface area contributed by atoms with Gasteiger partial charge < -0.3 is 4.90 Å². The van der Waals surface area contributed by atoms with E-state index in [0.29, 0.717) is 6.04 Å². The lowest BCUT2D eigenvalue weighted by Gasteiger charge is -2.24. The van der Waals surface area contributed by atoms with Gasteiger partial charge in [-0.25, -0.2) is 4.98 Å². The molecule has 3 rings (SSSR count). The molecule has 1 aromatic carbocycles. The van der Waals surface area contributed by atoms with Crippen molar-refractivity contribution >= 4 is 39.0 Å². The Kier molecular flexibility index (Phi) is 2.99. The third-order valence-corrected chi connectivity index (χ3v) is 3.87. The zero-order valence-corrected chi connectivity index (χ0v) is 12.1. The van der Waals surface area contributed by atoms with Gasteiger partial charge in [0.05, 0.1) is 4.47 Å². The average Bonchev–Trinajstić information content (AvgIpc) is 2.68. The van der Waals surface area contributed by atoms with Crippen molar-refractivity contribution in [1.82, 2.24) is 9.97 Å². The maximum absolute atomic E-state index is 5.90. The van der Waals surface area contributed by atoms with Gasteiger partial charge in [0, 0.05) is 17.9 Å². The van der Waals surface area contributed by atoms with Crippen LogP contribution in [0.3, 0.4) is 0 Å². The second-order valence-electron chi connectivity index (χ2n) is 4.36. The zero-order chi connectivity index (χ0) is 12.7. The summed E-state index contributed by atoms with van der Waals surface area (Å²) < 4.78 is 0.857. The smallest absolute Gasteiger partial charge is 0.224 e. The van der Waals surface area contributed by atoms with E-state index in [-0.39, 0.29) is 5.28 Å².